The molecule has 15 heavy (non-hydrogen) atoms. The maximum absolute atomic E-state index is 10.6. The smallest absolute Gasteiger partial charge is 0.335 e. The Bertz CT molecular complexity index is 483. The number of nitrogens with two attached hydrogens (primary N) is 2. The van der Waals surface area contributed by atoms with E-state index in [1.165, 1.54) is 18.2 Å². The van der Waals surface area contributed by atoms with Gasteiger partial charge in [0.25, 0.3) is 5.91 Å². The highest BCUT2D eigenvalue weighted by molar-refractivity contribution is 5.93. The molecule has 5 heteroatoms. The Morgan fingerprint density at radius 1 is 1.27 bits per heavy atom. The Morgan fingerprint density at radius 3 is 2.47 bits per heavy atom. The number of carboxylic acid groups (broad SMARTS) is 1. The zero-order valence-corrected chi connectivity index (χ0v) is 7.65. The monoisotopic (exact) mass is 204 g/mol. The molecule has 1 aromatic carbocycles. The van der Waals surface area contributed by atoms with Crippen molar-refractivity contribution in [2.24, 2.45) is 5.73 Å². The Hall–Kier alpha value is -2.48. The summed E-state index contributed by atoms with van der Waals surface area (Å²) in [4.78, 5) is 21.0. The van der Waals surface area contributed by atoms with Gasteiger partial charge in [-0.25, -0.2) is 4.79 Å². The Kier molecular flexibility index (Phi) is 2.94. The van der Waals surface area contributed by atoms with Crippen LogP contribution >= 0.6 is 0 Å². The van der Waals surface area contributed by atoms with Gasteiger partial charge in [0.1, 0.15) is 0 Å². The molecule has 5 nitrogen and oxygen atoms in total. The number of benzene rings is 1. The average Bonchev–Trinajstić information content (AvgIpc) is 2.13. The van der Waals surface area contributed by atoms with Crippen molar-refractivity contribution in [1.29, 1.82) is 0 Å². The molecule has 1 rings (SSSR count). The molecule has 0 heterocycles. The molecule has 0 unspecified atom stereocenters. The van der Waals surface area contributed by atoms with Gasteiger partial charge in [-0.1, -0.05) is 5.92 Å². The molecular weight excluding hydrogens is 196 g/mol. The van der Waals surface area contributed by atoms with Gasteiger partial charge in [-0.05, 0) is 24.1 Å². The van der Waals surface area contributed by atoms with Crippen LogP contribution in [0.3, 0.4) is 0 Å². The minimum absolute atomic E-state index is 0.0174. The van der Waals surface area contributed by atoms with Crippen molar-refractivity contribution in [3.63, 3.8) is 0 Å². The molecule has 0 aliphatic carbocycles. The zero-order valence-electron chi connectivity index (χ0n) is 7.65. The molecule has 1 amide bonds. The lowest BCUT2D eigenvalue weighted by atomic mass is 10.1. The third kappa shape index (κ3) is 3.04. The molecule has 0 fully saturated rings. The van der Waals surface area contributed by atoms with Gasteiger partial charge in [-0.15, -0.1) is 0 Å². The molecule has 0 bridgehead atoms. The van der Waals surface area contributed by atoms with Crippen LogP contribution in [0.1, 0.15) is 15.9 Å². The highest BCUT2D eigenvalue weighted by Gasteiger charge is 2.04. The minimum Gasteiger partial charge on any atom is -0.478 e. The van der Waals surface area contributed by atoms with Crippen molar-refractivity contribution in [2.45, 2.75) is 0 Å². The average molecular weight is 204 g/mol. The molecule has 0 aliphatic rings. The number of aromatic carboxylic acids is 1. The summed E-state index contributed by atoms with van der Waals surface area (Å²) in [7, 11) is 0. The minimum atomic E-state index is -1.11. The summed E-state index contributed by atoms with van der Waals surface area (Å²) in [5.41, 5.74) is 10.9. The first-order valence-electron chi connectivity index (χ1n) is 3.94. The van der Waals surface area contributed by atoms with Gasteiger partial charge in [-0.3, -0.25) is 4.79 Å². The SMILES string of the molecule is NC(=O)C#Cc1cc(N)cc(C(=O)O)c1. The first-order chi connectivity index (χ1) is 6.99. The fourth-order valence-corrected chi connectivity index (χ4v) is 0.981. The summed E-state index contributed by atoms with van der Waals surface area (Å²) in [6, 6.07) is 4.08. The van der Waals surface area contributed by atoms with Crippen LogP contribution in [0.2, 0.25) is 0 Å². The second kappa shape index (κ2) is 4.15. The highest BCUT2D eigenvalue weighted by Crippen LogP contribution is 2.11. The molecule has 0 aliphatic heterocycles. The summed E-state index contributed by atoms with van der Waals surface area (Å²) < 4.78 is 0. The second-order valence-electron chi connectivity index (χ2n) is 2.76. The van der Waals surface area contributed by atoms with Crippen molar-refractivity contribution in [3.8, 4) is 11.8 Å². The molecule has 0 atom stereocenters. The van der Waals surface area contributed by atoms with Gasteiger partial charge in [0.2, 0.25) is 0 Å². The number of amides is 1. The van der Waals surface area contributed by atoms with Crippen LogP contribution in [0, 0.1) is 11.8 Å². The van der Waals surface area contributed by atoms with E-state index in [2.05, 4.69) is 11.8 Å². The lowest BCUT2D eigenvalue weighted by Gasteiger charge is -1.98. The largest absolute Gasteiger partial charge is 0.478 e. The number of carbonyl (C=O) groups is 2. The molecule has 76 valence electrons. The predicted molar refractivity (Wildman–Crippen MR) is 53.9 cm³/mol. The lowest BCUT2D eigenvalue weighted by molar-refractivity contribution is -0.112. The van der Waals surface area contributed by atoms with E-state index in [4.69, 9.17) is 16.6 Å². The number of anilines is 1. The Labute approximate surface area is 85.7 Å². The van der Waals surface area contributed by atoms with Gasteiger partial charge < -0.3 is 16.6 Å². The number of nitrogen functional groups attached to an aromatic ring is 1. The van der Waals surface area contributed by atoms with Gasteiger partial charge in [0.05, 0.1) is 5.56 Å². The quantitative estimate of drug-likeness (QED) is 0.435. The summed E-state index contributed by atoms with van der Waals surface area (Å²) in [6.45, 7) is 0. The molecule has 0 spiro atoms. The normalized spacial score (nSPS) is 8.80. The van der Waals surface area contributed by atoms with E-state index in [0.717, 1.165) is 0 Å². The number of rotatable bonds is 1. The molecule has 0 saturated heterocycles. The van der Waals surface area contributed by atoms with Crippen molar-refractivity contribution in [2.75, 3.05) is 5.73 Å². The summed E-state index contributed by atoms with van der Waals surface area (Å²) in [6.07, 6.45) is 0. The van der Waals surface area contributed by atoms with Crippen LogP contribution in [-0.2, 0) is 4.79 Å². The fourth-order valence-electron chi connectivity index (χ4n) is 0.981. The number of hydrogen-bond acceptors (Lipinski definition) is 3. The van der Waals surface area contributed by atoms with Gasteiger partial charge in [0, 0.05) is 11.3 Å². The molecular formula is C10H8N2O3. The van der Waals surface area contributed by atoms with E-state index in [1.807, 2.05) is 0 Å². The highest BCUT2D eigenvalue weighted by atomic mass is 16.4. The number of carboxylic acids is 1. The third-order valence-electron chi connectivity index (χ3n) is 1.53. The molecule has 5 N–H and O–H groups in total. The maximum Gasteiger partial charge on any atom is 0.335 e. The topological polar surface area (TPSA) is 106 Å². The van der Waals surface area contributed by atoms with Crippen molar-refractivity contribution >= 4 is 17.6 Å². The molecule has 0 aromatic heterocycles. The Morgan fingerprint density at radius 2 is 1.93 bits per heavy atom. The summed E-state index contributed by atoms with van der Waals surface area (Å²) in [5.74, 6) is 2.62. The lowest BCUT2D eigenvalue weighted by Crippen LogP contribution is -2.06. The summed E-state index contributed by atoms with van der Waals surface area (Å²) in [5, 5.41) is 8.72. The standard InChI is InChI=1S/C10H8N2O3/c11-8-4-6(1-2-9(12)13)3-7(5-8)10(14)15/h3-5H,11H2,(H2,12,13)(H,14,15). The molecule has 1 aromatic rings. The molecule has 0 radical (unpaired) electrons. The number of carbonyl (C=O) groups excluding carboxylic acids is 1. The number of hydrogen-bond donors (Lipinski definition) is 3. The predicted octanol–water partition coefficient (Wildman–Crippen LogP) is -0.196. The third-order valence-corrected chi connectivity index (χ3v) is 1.53. The Balaban J connectivity index is 3.17. The second-order valence-corrected chi connectivity index (χ2v) is 2.76. The molecule has 0 saturated carbocycles. The zero-order chi connectivity index (χ0) is 11.4. The van der Waals surface area contributed by atoms with E-state index in [9.17, 15) is 9.59 Å². The van der Waals surface area contributed by atoms with Gasteiger partial charge in [-0.2, -0.15) is 0 Å². The maximum atomic E-state index is 10.6. The van der Waals surface area contributed by atoms with E-state index < -0.39 is 11.9 Å². The van der Waals surface area contributed by atoms with Crippen LogP contribution in [-0.4, -0.2) is 17.0 Å². The summed E-state index contributed by atoms with van der Waals surface area (Å²) >= 11 is 0. The van der Waals surface area contributed by atoms with E-state index >= 15 is 0 Å². The van der Waals surface area contributed by atoms with Crippen molar-refractivity contribution in [3.05, 3.63) is 29.3 Å². The van der Waals surface area contributed by atoms with Gasteiger partial charge in [0.15, 0.2) is 0 Å². The van der Waals surface area contributed by atoms with E-state index in [-0.39, 0.29) is 11.3 Å². The van der Waals surface area contributed by atoms with Crippen LogP contribution in [0.4, 0.5) is 5.69 Å². The number of primary amides is 1. The van der Waals surface area contributed by atoms with Crippen LogP contribution in [0.25, 0.3) is 0 Å². The van der Waals surface area contributed by atoms with Crippen LogP contribution in [0.15, 0.2) is 18.2 Å². The van der Waals surface area contributed by atoms with E-state index in [0.29, 0.717) is 5.56 Å². The van der Waals surface area contributed by atoms with Crippen molar-refractivity contribution in [1.82, 2.24) is 0 Å². The van der Waals surface area contributed by atoms with Crippen LogP contribution < -0.4 is 11.5 Å². The van der Waals surface area contributed by atoms with Crippen LogP contribution in [0.5, 0.6) is 0 Å². The van der Waals surface area contributed by atoms with Crippen molar-refractivity contribution < 1.29 is 14.7 Å². The first kappa shape index (κ1) is 10.6. The fraction of sp³-hybridized carbons (Fsp3) is 0. The van der Waals surface area contributed by atoms with E-state index in [1.54, 1.807) is 0 Å². The first-order valence-corrected chi connectivity index (χ1v) is 3.94. The van der Waals surface area contributed by atoms with Gasteiger partial charge >= 0.3 is 5.97 Å².